The van der Waals surface area contributed by atoms with Crippen molar-refractivity contribution >= 4 is 0 Å². The first-order valence-electron chi connectivity index (χ1n) is 14.9. The minimum atomic E-state index is 0.666. The Kier molecular flexibility index (Phi) is 14.8. The van der Waals surface area contributed by atoms with Crippen LogP contribution in [0.1, 0.15) is 113 Å². The van der Waals surface area contributed by atoms with Crippen molar-refractivity contribution in [1.82, 2.24) is 15.0 Å². The molecule has 0 atom stereocenters. The molecule has 0 unspecified atom stereocenters. The molecule has 40 heavy (non-hydrogen) atoms. The minimum Gasteiger partial charge on any atom is -0.493 e. The molecule has 0 fully saturated rings. The van der Waals surface area contributed by atoms with E-state index in [1.54, 1.807) is 24.8 Å². The van der Waals surface area contributed by atoms with Gasteiger partial charge in [0, 0.05) is 48.0 Å². The third-order valence-corrected chi connectivity index (χ3v) is 6.40. The molecule has 0 radical (unpaired) electrons. The molecule has 5 heteroatoms. The van der Waals surface area contributed by atoms with Crippen LogP contribution in [-0.2, 0) is 0 Å². The molecule has 0 spiro atoms. The fourth-order valence-corrected chi connectivity index (χ4v) is 4.13. The Hall–Kier alpha value is -3.83. The lowest BCUT2D eigenvalue weighted by Gasteiger charge is -2.06. The van der Waals surface area contributed by atoms with Gasteiger partial charge in [-0.15, -0.1) is 0 Å². The molecule has 3 aromatic heterocycles. The predicted octanol–water partition coefficient (Wildman–Crippen LogP) is 8.15. The average molecular weight is 538 g/mol. The number of pyridine rings is 3. The monoisotopic (exact) mass is 537 g/mol. The predicted molar refractivity (Wildman–Crippen MR) is 162 cm³/mol. The van der Waals surface area contributed by atoms with Crippen molar-refractivity contribution in [2.24, 2.45) is 0 Å². The lowest BCUT2D eigenvalue weighted by molar-refractivity contribution is 0.304. The highest BCUT2D eigenvalue weighted by Gasteiger charge is 1.99. The van der Waals surface area contributed by atoms with Gasteiger partial charge >= 0.3 is 0 Å². The summed E-state index contributed by atoms with van der Waals surface area (Å²) in [6.07, 6.45) is 21.8. The zero-order valence-corrected chi connectivity index (χ0v) is 24.3. The molecule has 0 aliphatic carbocycles. The Bertz CT molecular complexity index is 1170. The number of hydrogen-bond acceptors (Lipinski definition) is 5. The van der Waals surface area contributed by atoms with Crippen molar-refractivity contribution in [3.8, 4) is 35.2 Å². The Morgan fingerprint density at radius 3 is 1.48 bits per heavy atom. The molecule has 0 N–H and O–H groups in total. The van der Waals surface area contributed by atoms with Crippen LogP contribution >= 0.6 is 0 Å². The van der Waals surface area contributed by atoms with Gasteiger partial charge in [0.25, 0.3) is 0 Å². The van der Waals surface area contributed by atoms with E-state index >= 15 is 0 Å². The van der Waals surface area contributed by atoms with Crippen LogP contribution in [0.3, 0.4) is 0 Å². The maximum absolute atomic E-state index is 5.90. The lowest BCUT2D eigenvalue weighted by Crippen LogP contribution is -1.98. The van der Waals surface area contributed by atoms with Gasteiger partial charge in [0.05, 0.1) is 13.2 Å². The summed E-state index contributed by atoms with van der Waals surface area (Å²) in [5.41, 5.74) is 2.88. The minimum absolute atomic E-state index is 0.666. The van der Waals surface area contributed by atoms with Crippen molar-refractivity contribution in [3.05, 3.63) is 77.6 Å². The number of nitrogens with zero attached hydrogens (tertiary/aromatic N) is 3. The van der Waals surface area contributed by atoms with E-state index in [1.807, 2.05) is 30.3 Å². The van der Waals surface area contributed by atoms with Crippen LogP contribution in [0.2, 0.25) is 0 Å². The van der Waals surface area contributed by atoms with E-state index in [-0.39, 0.29) is 0 Å². The second kappa shape index (κ2) is 19.3. The third-order valence-electron chi connectivity index (χ3n) is 6.40. The molecule has 0 aliphatic rings. The number of ether oxygens (including phenoxy) is 2. The van der Waals surface area contributed by atoms with Gasteiger partial charge in [0.2, 0.25) is 0 Å². The maximum atomic E-state index is 5.90. The van der Waals surface area contributed by atoms with Crippen LogP contribution in [0, 0.1) is 23.7 Å². The van der Waals surface area contributed by atoms with Crippen LogP contribution in [0.15, 0.2) is 55.1 Å². The second-order valence-electron chi connectivity index (χ2n) is 9.95. The Labute approximate surface area is 241 Å². The first-order valence-corrected chi connectivity index (χ1v) is 14.9. The number of aromatic nitrogens is 3. The van der Waals surface area contributed by atoms with Gasteiger partial charge in [-0.05, 0) is 42.9 Å². The molecule has 3 rings (SSSR count). The van der Waals surface area contributed by atoms with E-state index in [0.717, 1.165) is 48.7 Å². The number of unbranched alkanes of at least 4 members (excludes halogenated alkanes) is 10. The summed E-state index contributed by atoms with van der Waals surface area (Å²) in [6, 6.07) is 9.44. The van der Waals surface area contributed by atoms with Crippen molar-refractivity contribution < 1.29 is 9.47 Å². The molecule has 3 aromatic rings. The molecule has 0 aliphatic heterocycles. The molecule has 3 heterocycles. The normalized spacial score (nSPS) is 10.2. The Morgan fingerprint density at radius 1 is 0.550 bits per heavy atom. The van der Waals surface area contributed by atoms with E-state index < -0.39 is 0 Å². The van der Waals surface area contributed by atoms with Crippen molar-refractivity contribution in [3.63, 3.8) is 0 Å². The van der Waals surface area contributed by atoms with Gasteiger partial charge in [0.1, 0.15) is 22.9 Å². The van der Waals surface area contributed by atoms with E-state index in [9.17, 15) is 0 Å². The van der Waals surface area contributed by atoms with Crippen molar-refractivity contribution in [2.45, 2.75) is 90.9 Å². The summed E-state index contributed by atoms with van der Waals surface area (Å²) in [5, 5.41) is 0. The zero-order chi connectivity index (χ0) is 28.1. The number of hydrogen-bond donors (Lipinski definition) is 0. The zero-order valence-electron chi connectivity index (χ0n) is 24.3. The molecule has 0 bridgehead atoms. The van der Waals surface area contributed by atoms with E-state index in [1.165, 1.54) is 64.2 Å². The highest BCUT2D eigenvalue weighted by atomic mass is 16.5. The van der Waals surface area contributed by atoms with Gasteiger partial charge in [-0.1, -0.05) is 89.9 Å². The fraction of sp³-hybridized carbons (Fsp3) is 0.457. The van der Waals surface area contributed by atoms with Crippen LogP contribution in [0.5, 0.6) is 11.5 Å². The first kappa shape index (κ1) is 30.7. The van der Waals surface area contributed by atoms with Gasteiger partial charge in [-0.25, -0.2) is 9.97 Å². The molecular formula is C35H43N3O2. The van der Waals surface area contributed by atoms with E-state index in [0.29, 0.717) is 11.4 Å². The standard InChI is InChI=1S/C35H43N3O2/c1-3-5-7-9-11-13-23-39-34-19-21-37-32(26-34)17-15-30-25-31(29-36-28-30)16-18-33-27-35(20-22-38-33)40-24-14-12-10-8-6-4-2/h19-22,25-29H,3-14,23-24H2,1-2H3. The van der Waals surface area contributed by atoms with E-state index in [2.05, 4.69) is 52.5 Å². The fourth-order valence-electron chi connectivity index (χ4n) is 4.13. The summed E-state index contributed by atoms with van der Waals surface area (Å²) in [5.74, 6) is 14.1. The lowest BCUT2D eigenvalue weighted by atomic mass is 10.1. The van der Waals surface area contributed by atoms with Crippen LogP contribution in [0.4, 0.5) is 0 Å². The SMILES string of the molecule is CCCCCCCCOc1ccnc(C#Cc2cncc(C#Cc3cc(OCCCCCCCC)ccn3)c2)c1. The molecule has 0 amide bonds. The summed E-state index contributed by atoms with van der Waals surface area (Å²) in [7, 11) is 0. The summed E-state index contributed by atoms with van der Waals surface area (Å²) >= 11 is 0. The molecule has 0 saturated carbocycles. The smallest absolute Gasteiger partial charge is 0.123 e. The molecule has 210 valence electrons. The molecule has 5 nitrogen and oxygen atoms in total. The summed E-state index contributed by atoms with van der Waals surface area (Å²) < 4.78 is 11.8. The quantitative estimate of drug-likeness (QED) is 0.136. The second-order valence-corrected chi connectivity index (χ2v) is 9.95. The highest BCUT2D eigenvalue weighted by molar-refractivity contribution is 5.46. The van der Waals surface area contributed by atoms with Crippen molar-refractivity contribution in [2.75, 3.05) is 13.2 Å². The maximum Gasteiger partial charge on any atom is 0.123 e. The Morgan fingerprint density at radius 2 is 1.00 bits per heavy atom. The molecule has 0 aromatic carbocycles. The van der Waals surface area contributed by atoms with E-state index in [4.69, 9.17) is 9.47 Å². The number of rotatable bonds is 16. The summed E-state index contributed by atoms with van der Waals surface area (Å²) in [4.78, 5) is 13.0. The topological polar surface area (TPSA) is 57.1 Å². The van der Waals surface area contributed by atoms with Gasteiger partial charge in [-0.3, -0.25) is 4.98 Å². The van der Waals surface area contributed by atoms with Crippen LogP contribution in [0.25, 0.3) is 0 Å². The molecular weight excluding hydrogens is 494 g/mol. The van der Waals surface area contributed by atoms with Crippen LogP contribution in [-0.4, -0.2) is 28.2 Å². The first-order chi connectivity index (χ1) is 19.8. The van der Waals surface area contributed by atoms with Crippen LogP contribution < -0.4 is 9.47 Å². The highest BCUT2D eigenvalue weighted by Crippen LogP contribution is 2.14. The van der Waals surface area contributed by atoms with Crippen molar-refractivity contribution in [1.29, 1.82) is 0 Å². The Balaban J connectivity index is 1.50. The van der Waals surface area contributed by atoms with Gasteiger partial charge < -0.3 is 9.47 Å². The molecule has 0 saturated heterocycles. The van der Waals surface area contributed by atoms with Gasteiger partial charge in [-0.2, -0.15) is 0 Å². The third kappa shape index (κ3) is 12.8. The summed E-state index contributed by atoms with van der Waals surface area (Å²) in [6.45, 7) is 5.91. The largest absolute Gasteiger partial charge is 0.493 e. The average Bonchev–Trinajstić information content (AvgIpc) is 2.99. The van der Waals surface area contributed by atoms with Gasteiger partial charge in [0.15, 0.2) is 0 Å².